The molecule has 2 aromatic rings. The Hall–Kier alpha value is -2.67. The van der Waals surface area contributed by atoms with Gasteiger partial charge in [0.15, 0.2) is 0 Å². The second-order valence-corrected chi connectivity index (χ2v) is 8.83. The minimum atomic E-state index is -3.86. The minimum Gasteiger partial charge on any atom is -0.348 e. The first kappa shape index (κ1) is 17.7. The number of sulfonamides is 1. The molecule has 7 heteroatoms. The maximum absolute atomic E-state index is 12.6. The molecular formula is C20H20N2O4S. The summed E-state index contributed by atoms with van der Waals surface area (Å²) in [6.45, 7) is -0.492. The number of rotatable bonds is 3. The Morgan fingerprint density at radius 3 is 2.59 bits per heavy atom. The van der Waals surface area contributed by atoms with Crippen LogP contribution in [0.3, 0.4) is 0 Å². The third-order valence-corrected chi connectivity index (χ3v) is 6.78. The van der Waals surface area contributed by atoms with Crippen LogP contribution in [0.4, 0.5) is 0 Å². The van der Waals surface area contributed by atoms with E-state index in [-0.39, 0.29) is 11.8 Å². The van der Waals surface area contributed by atoms with Gasteiger partial charge in [0.1, 0.15) is 6.54 Å². The first-order chi connectivity index (χ1) is 13.0. The van der Waals surface area contributed by atoms with Gasteiger partial charge in [-0.2, -0.15) is 0 Å². The van der Waals surface area contributed by atoms with Crippen molar-refractivity contribution < 1.29 is 18.0 Å². The summed E-state index contributed by atoms with van der Waals surface area (Å²) in [5, 5.41) is 2.91. The molecule has 0 saturated heterocycles. The second kappa shape index (κ2) is 6.81. The summed E-state index contributed by atoms with van der Waals surface area (Å²) in [5.74, 6) is -1.38. The van der Waals surface area contributed by atoms with Crippen molar-refractivity contribution in [3.05, 3.63) is 70.8 Å². The van der Waals surface area contributed by atoms with E-state index in [1.807, 2.05) is 24.3 Å². The number of fused-ring (bicyclic) bond motifs is 2. The Kier molecular flexibility index (Phi) is 4.47. The fourth-order valence-electron chi connectivity index (χ4n) is 3.83. The molecule has 1 unspecified atom stereocenters. The quantitative estimate of drug-likeness (QED) is 0.879. The number of nitrogens with zero attached hydrogens (tertiary/aromatic N) is 1. The van der Waals surface area contributed by atoms with Crippen LogP contribution in [0, 0.1) is 0 Å². The van der Waals surface area contributed by atoms with Crippen molar-refractivity contribution in [2.75, 3.05) is 6.54 Å². The van der Waals surface area contributed by atoms with Crippen molar-refractivity contribution in [2.24, 2.45) is 0 Å². The number of benzene rings is 2. The van der Waals surface area contributed by atoms with Crippen molar-refractivity contribution in [1.29, 1.82) is 0 Å². The standard InChI is InChI=1S/C20H20N2O4S/c23-19(21-18-11-5-8-14-6-1-3-9-16(14)18)12-22-20(24)17-10-4-2-7-15(17)13-27(22,25)26/h1-4,6-7,9-10,18H,5,8,11-13H2,(H,21,23). The van der Waals surface area contributed by atoms with Crippen LogP contribution in [0.1, 0.15) is 45.9 Å². The van der Waals surface area contributed by atoms with Gasteiger partial charge >= 0.3 is 0 Å². The number of carbonyl (C=O) groups excluding carboxylic acids is 2. The van der Waals surface area contributed by atoms with Crippen LogP contribution >= 0.6 is 0 Å². The lowest BCUT2D eigenvalue weighted by Gasteiger charge is -2.30. The molecular weight excluding hydrogens is 364 g/mol. The molecule has 2 aromatic carbocycles. The number of carbonyl (C=O) groups is 2. The van der Waals surface area contributed by atoms with Gasteiger partial charge in [0, 0.05) is 5.56 Å². The Labute approximate surface area is 158 Å². The van der Waals surface area contributed by atoms with Crippen LogP contribution in [-0.2, 0) is 27.0 Å². The summed E-state index contributed by atoms with van der Waals surface area (Å²) in [4.78, 5) is 25.2. The van der Waals surface area contributed by atoms with Crippen LogP contribution in [0.15, 0.2) is 48.5 Å². The van der Waals surface area contributed by atoms with Crippen LogP contribution in [-0.4, -0.2) is 31.1 Å². The second-order valence-electron chi connectivity index (χ2n) is 6.94. The molecule has 0 aromatic heterocycles. The highest BCUT2D eigenvalue weighted by Crippen LogP contribution is 2.30. The number of nitrogens with one attached hydrogen (secondary N) is 1. The highest BCUT2D eigenvalue weighted by molar-refractivity contribution is 7.89. The van der Waals surface area contributed by atoms with E-state index in [2.05, 4.69) is 5.32 Å². The molecule has 0 spiro atoms. The number of hydrogen-bond donors (Lipinski definition) is 1. The summed E-state index contributed by atoms with van der Waals surface area (Å²) in [6, 6.07) is 14.4. The summed E-state index contributed by atoms with van der Waals surface area (Å²) >= 11 is 0. The molecule has 1 N–H and O–H groups in total. The summed E-state index contributed by atoms with van der Waals surface area (Å²) in [7, 11) is -3.86. The van der Waals surface area contributed by atoms with Gasteiger partial charge in [-0.3, -0.25) is 9.59 Å². The fourth-order valence-corrected chi connectivity index (χ4v) is 5.30. The average Bonchev–Trinajstić information content (AvgIpc) is 2.65. The van der Waals surface area contributed by atoms with Gasteiger partial charge in [-0.05, 0) is 42.0 Å². The summed E-state index contributed by atoms with van der Waals surface area (Å²) in [6.07, 6.45) is 2.72. The van der Waals surface area contributed by atoms with Crippen molar-refractivity contribution in [2.45, 2.75) is 31.1 Å². The van der Waals surface area contributed by atoms with Crippen molar-refractivity contribution in [1.82, 2.24) is 9.62 Å². The van der Waals surface area contributed by atoms with Gasteiger partial charge in [-0.15, -0.1) is 0 Å². The van der Waals surface area contributed by atoms with Gasteiger partial charge in [-0.25, -0.2) is 12.7 Å². The molecule has 1 aliphatic heterocycles. The smallest absolute Gasteiger partial charge is 0.268 e. The number of hydrogen-bond acceptors (Lipinski definition) is 4. The molecule has 0 saturated carbocycles. The predicted molar refractivity (Wildman–Crippen MR) is 100 cm³/mol. The predicted octanol–water partition coefficient (Wildman–Crippen LogP) is 2.17. The Balaban J connectivity index is 1.53. The molecule has 0 radical (unpaired) electrons. The molecule has 140 valence electrons. The molecule has 0 fully saturated rings. The summed E-state index contributed by atoms with van der Waals surface area (Å²) < 4.78 is 25.7. The van der Waals surface area contributed by atoms with E-state index in [4.69, 9.17) is 0 Å². The SMILES string of the molecule is O=C(CN1C(=O)c2ccccc2CS1(=O)=O)NC1CCCc2ccccc21. The first-order valence-electron chi connectivity index (χ1n) is 8.95. The highest BCUT2D eigenvalue weighted by atomic mass is 32.2. The molecule has 2 amide bonds. The van der Waals surface area contributed by atoms with Gasteiger partial charge in [0.25, 0.3) is 5.91 Å². The Bertz CT molecular complexity index is 1020. The van der Waals surface area contributed by atoms with Crippen LogP contribution < -0.4 is 5.32 Å². The van der Waals surface area contributed by atoms with Crippen molar-refractivity contribution >= 4 is 21.8 Å². The Morgan fingerprint density at radius 1 is 1.07 bits per heavy atom. The average molecular weight is 384 g/mol. The van der Waals surface area contributed by atoms with Gasteiger partial charge in [0.2, 0.25) is 15.9 Å². The molecule has 2 aliphatic rings. The zero-order valence-corrected chi connectivity index (χ0v) is 15.5. The monoisotopic (exact) mass is 384 g/mol. The first-order valence-corrected chi connectivity index (χ1v) is 10.6. The minimum absolute atomic E-state index is 0.155. The van der Waals surface area contributed by atoms with E-state index in [0.29, 0.717) is 15.4 Å². The lowest BCUT2D eigenvalue weighted by molar-refractivity contribution is -0.121. The topological polar surface area (TPSA) is 83.6 Å². The summed E-state index contributed by atoms with van der Waals surface area (Å²) in [5.41, 5.74) is 3.07. The maximum Gasteiger partial charge on any atom is 0.268 e. The normalized spacial score (nSPS) is 20.5. The molecule has 1 atom stereocenters. The van der Waals surface area contributed by atoms with E-state index in [9.17, 15) is 18.0 Å². The largest absolute Gasteiger partial charge is 0.348 e. The zero-order valence-electron chi connectivity index (χ0n) is 14.7. The third kappa shape index (κ3) is 3.35. The molecule has 1 aliphatic carbocycles. The lowest BCUT2D eigenvalue weighted by Crippen LogP contribution is -2.48. The van der Waals surface area contributed by atoms with E-state index in [1.54, 1.807) is 24.3 Å². The Morgan fingerprint density at radius 2 is 1.78 bits per heavy atom. The highest BCUT2D eigenvalue weighted by Gasteiger charge is 2.37. The van der Waals surface area contributed by atoms with Gasteiger partial charge < -0.3 is 5.32 Å². The molecule has 4 rings (SSSR count). The third-order valence-electron chi connectivity index (χ3n) is 5.14. The molecule has 1 heterocycles. The van der Waals surface area contributed by atoms with Crippen LogP contribution in [0.5, 0.6) is 0 Å². The van der Waals surface area contributed by atoms with Crippen LogP contribution in [0.25, 0.3) is 0 Å². The number of amides is 2. The molecule has 0 bridgehead atoms. The lowest BCUT2D eigenvalue weighted by atomic mass is 9.88. The van der Waals surface area contributed by atoms with E-state index >= 15 is 0 Å². The molecule has 6 nitrogen and oxygen atoms in total. The molecule has 27 heavy (non-hydrogen) atoms. The van der Waals surface area contributed by atoms with Gasteiger partial charge in [-0.1, -0.05) is 42.5 Å². The zero-order chi connectivity index (χ0) is 19.0. The fraction of sp³-hybridized carbons (Fsp3) is 0.300. The van der Waals surface area contributed by atoms with E-state index < -0.39 is 28.4 Å². The van der Waals surface area contributed by atoms with Crippen molar-refractivity contribution in [3.8, 4) is 0 Å². The van der Waals surface area contributed by atoms with Gasteiger partial charge in [0.05, 0.1) is 11.8 Å². The number of aryl methyl sites for hydroxylation is 1. The van der Waals surface area contributed by atoms with E-state index in [1.165, 1.54) is 5.56 Å². The maximum atomic E-state index is 12.6. The van der Waals surface area contributed by atoms with Crippen molar-refractivity contribution in [3.63, 3.8) is 0 Å². The van der Waals surface area contributed by atoms with E-state index in [0.717, 1.165) is 24.8 Å². The van der Waals surface area contributed by atoms with Crippen LogP contribution in [0.2, 0.25) is 0 Å².